The van der Waals surface area contributed by atoms with Gasteiger partial charge in [0.05, 0.1) is 23.5 Å². The molecule has 0 saturated carbocycles. The molecular formula is C20H21FN6O3S. The van der Waals surface area contributed by atoms with Gasteiger partial charge in [-0.05, 0) is 44.0 Å². The molecule has 1 atom stereocenters. The summed E-state index contributed by atoms with van der Waals surface area (Å²) in [4.78, 5) is 21.4. The molecule has 3 aromatic rings. The summed E-state index contributed by atoms with van der Waals surface area (Å²) in [5.74, 6) is -0.480. The van der Waals surface area contributed by atoms with Crippen LogP contribution in [-0.2, 0) is 17.1 Å². The Morgan fingerprint density at radius 1 is 1.23 bits per heavy atom. The third-order valence-corrected chi connectivity index (χ3v) is 7.00. The summed E-state index contributed by atoms with van der Waals surface area (Å²) in [6, 6.07) is 4.89. The fraction of sp³-hybridized carbons (Fsp3) is 0.300. The Hall–Kier alpha value is -3.18. The standard InChI is InChI=1S/C20H21FN6O3S/c1-13-17(20(28)25-15-7-5-14(21)6-8-15)11-22-19(24-13)18-4-3-9-27(18)31(29,30)16-10-23-26(2)12-16/h5-8,10-12,18H,3-4,9H2,1-2H3,(H,25,28)/t18-/m1/s1. The second-order valence-corrected chi connectivity index (χ2v) is 9.20. The number of aryl methyl sites for hydroxylation is 2. The average molecular weight is 444 g/mol. The van der Waals surface area contributed by atoms with Crippen molar-refractivity contribution in [3.05, 3.63) is 65.8 Å². The zero-order valence-corrected chi connectivity index (χ0v) is 17.8. The van der Waals surface area contributed by atoms with E-state index in [1.54, 1.807) is 14.0 Å². The predicted molar refractivity (Wildman–Crippen MR) is 110 cm³/mol. The number of rotatable bonds is 5. The normalized spacial score (nSPS) is 17.1. The fourth-order valence-electron chi connectivity index (χ4n) is 3.55. The Labute approximate surface area is 179 Å². The van der Waals surface area contributed by atoms with Gasteiger partial charge in [-0.25, -0.2) is 22.8 Å². The van der Waals surface area contributed by atoms with Crippen molar-refractivity contribution in [2.75, 3.05) is 11.9 Å². The summed E-state index contributed by atoms with van der Waals surface area (Å²) in [6.07, 6.45) is 5.43. The highest BCUT2D eigenvalue weighted by Crippen LogP contribution is 2.35. The highest BCUT2D eigenvalue weighted by molar-refractivity contribution is 7.89. The largest absolute Gasteiger partial charge is 0.322 e. The molecule has 1 amide bonds. The first kappa shape index (κ1) is 21.1. The number of nitrogens with zero attached hydrogens (tertiary/aromatic N) is 5. The highest BCUT2D eigenvalue weighted by atomic mass is 32.2. The van der Waals surface area contributed by atoms with E-state index in [-0.39, 0.29) is 10.5 Å². The maximum Gasteiger partial charge on any atom is 0.259 e. The molecule has 0 unspecified atom stereocenters. The molecule has 9 nitrogen and oxygen atoms in total. The predicted octanol–water partition coefficient (Wildman–Crippen LogP) is 2.44. The van der Waals surface area contributed by atoms with Gasteiger partial charge in [-0.2, -0.15) is 9.40 Å². The van der Waals surface area contributed by atoms with Crippen molar-refractivity contribution in [1.29, 1.82) is 0 Å². The summed E-state index contributed by atoms with van der Waals surface area (Å²) < 4.78 is 42.0. The maximum absolute atomic E-state index is 13.0. The maximum atomic E-state index is 13.0. The lowest BCUT2D eigenvalue weighted by molar-refractivity contribution is 0.102. The number of amides is 1. The number of carbonyl (C=O) groups is 1. The van der Waals surface area contributed by atoms with E-state index >= 15 is 0 Å². The van der Waals surface area contributed by atoms with Gasteiger partial charge < -0.3 is 5.32 Å². The molecule has 1 fully saturated rings. The van der Waals surface area contributed by atoms with E-state index in [0.717, 1.165) is 0 Å². The smallest absolute Gasteiger partial charge is 0.259 e. The van der Waals surface area contributed by atoms with Crippen molar-refractivity contribution in [3.63, 3.8) is 0 Å². The second-order valence-electron chi connectivity index (χ2n) is 7.31. The highest BCUT2D eigenvalue weighted by Gasteiger charge is 2.38. The molecule has 1 N–H and O–H groups in total. The van der Waals surface area contributed by atoms with Crippen LogP contribution in [0.5, 0.6) is 0 Å². The van der Waals surface area contributed by atoms with Gasteiger partial charge in [0, 0.05) is 31.7 Å². The molecule has 162 valence electrons. The minimum Gasteiger partial charge on any atom is -0.322 e. The number of hydrogen-bond donors (Lipinski definition) is 1. The van der Waals surface area contributed by atoms with Crippen LogP contribution in [0.2, 0.25) is 0 Å². The van der Waals surface area contributed by atoms with Gasteiger partial charge >= 0.3 is 0 Å². The van der Waals surface area contributed by atoms with Gasteiger partial charge in [-0.1, -0.05) is 0 Å². The van der Waals surface area contributed by atoms with E-state index in [9.17, 15) is 17.6 Å². The van der Waals surface area contributed by atoms with E-state index in [4.69, 9.17) is 0 Å². The summed E-state index contributed by atoms with van der Waals surface area (Å²) >= 11 is 0. The van der Waals surface area contributed by atoms with Crippen molar-refractivity contribution in [3.8, 4) is 0 Å². The number of anilines is 1. The Kier molecular flexibility index (Phi) is 5.54. The molecule has 31 heavy (non-hydrogen) atoms. The molecule has 1 aliphatic heterocycles. The molecule has 1 saturated heterocycles. The molecule has 0 radical (unpaired) electrons. The van der Waals surface area contributed by atoms with Crippen LogP contribution in [0.25, 0.3) is 0 Å². The quantitative estimate of drug-likeness (QED) is 0.647. The van der Waals surface area contributed by atoms with Crippen LogP contribution in [0.3, 0.4) is 0 Å². The van der Waals surface area contributed by atoms with Crippen LogP contribution >= 0.6 is 0 Å². The van der Waals surface area contributed by atoms with Gasteiger partial charge in [0.15, 0.2) is 0 Å². The van der Waals surface area contributed by atoms with Crippen molar-refractivity contribution < 1.29 is 17.6 Å². The van der Waals surface area contributed by atoms with Crippen LogP contribution in [0.4, 0.5) is 10.1 Å². The first-order chi connectivity index (χ1) is 14.8. The molecule has 4 rings (SSSR count). The molecule has 2 aromatic heterocycles. The molecule has 1 aromatic carbocycles. The molecule has 11 heteroatoms. The second kappa shape index (κ2) is 8.16. The summed E-state index contributed by atoms with van der Waals surface area (Å²) in [6.45, 7) is 2.02. The zero-order valence-electron chi connectivity index (χ0n) is 17.0. The Balaban J connectivity index is 1.57. The topological polar surface area (TPSA) is 110 Å². The van der Waals surface area contributed by atoms with E-state index in [2.05, 4.69) is 20.4 Å². The number of nitrogens with one attached hydrogen (secondary N) is 1. The number of benzene rings is 1. The van der Waals surface area contributed by atoms with Gasteiger partial charge in [0.25, 0.3) is 5.91 Å². The van der Waals surface area contributed by atoms with E-state index in [0.29, 0.717) is 36.6 Å². The molecule has 0 aliphatic carbocycles. The third kappa shape index (κ3) is 4.19. The lowest BCUT2D eigenvalue weighted by atomic mass is 10.2. The molecule has 1 aliphatic rings. The van der Waals surface area contributed by atoms with Crippen LogP contribution in [0, 0.1) is 12.7 Å². The Morgan fingerprint density at radius 2 is 1.97 bits per heavy atom. The zero-order chi connectivity index (χ0) is 22.2. The van der Waals surface area contributed by atoms with Gasteiger partial charge in [-0.3, -0.25) is 9.48 Å². The minimum absolute atomic E-state index is 0.119. The molecule has 0 spiro atoms. The van der Waals surface area contributed by atoms with Crippen molar-refractivity contribution in [2.24, 2.45) is 7.05 Å². The van der Waals surface area contributed by atoms with E-state index < -0.39 is 27.8 Å². The summed E-state index contributed by atoms with van der Waals surface area (Å²) in [5.41, 5.74) is 1.13. The lowest BCUT2D eigenvalue weighted by Crippen LogP contribution is -2.31. The van der Waals surface area contributed by atoms with Crippen LogP contribution < -0.4 is 5.32 Å². The summed E-state index contributed by atoms with van der Waals surface area (Å²) in [7, 11) is -2.08. The average Bonchev–Trinajstić information content (AvgIpc) is 3.39. The van der Waals surface area contributed by atoms with Crippen molar-refractivity contribution in [2.45, 2.75) is 30.7 Å². The van der Waals surface area contributed by atoms with E-state index in [1.165, 1.54) is 51.8 Å². The third-order valence-electron chi connectivity index (χ3n) is 5.13. The first-order valence-corrected chi connectivity index (χ1v) is 11.1. The SMILES string of the molecule is Cc1nc([C@H]2CCCN2S(=O)(=O)c2cnn(C)c2)ncc1C(=O)Nc1ccc(F)cc1. The van der Waals surface area contributed by atoms with E-state index in [1.807, 2.05) is 0 Å². The molecular weight excluding hydrogens is 423 g/mol. The monoisotopic (exact) mass is 444 g/mol. The molecule has 0 bridgehead atoms. The van der Waals surface area contributed by atoms with Crippen LogP contribution in [0.1, 0.15) is 40.8 Å². The van der Waals surface area contributed by atoms with Crippen molar-refractivity contribution in [1.82, 2.24) is 24.1 Å². The van der Waals surface area contributed by atoms with Crippen LogP contribution in [-0.4, -0.2) is 44.9 Å². The van der Waals surface area contributed by atoms with Gasteiger partial charge in [0.1, 0.15) is 16.5 Å². The number of hydrogen-bond acceptors (Lipinski definition) is 6. The van der Waals surface area contributed by atoms with Crippen LogP contribution in [0.15, 0.2) is 47.8 Å². The number of halogens is 1. The van der Waals surface area contributed by atoms with Crippen molar-refractivity contribution >= 4 is 21.6 Å². The number of carbonyl (C=O) groups excluding carboxylic acids is 1. The first-order valence-electron chi connectivity index (χ1n) is 9.66. The fourth-order valence-corrected chi connectivity index (χ4v) is 5.19. The minimum atomic E-state index is -3.74. The Bertz CT molecular complexity index is 1230. The number of sulfonamides is 1. The van der Waals surface area contributed by atoms with Gasteiger partial charge in [0.2, 0.25) is 10.0 Å². The lowest BCUT2D eigenvalue weighted by Gasteiger charge is -2.22. The Morgan fingerprint density at radius 3 is 2.61 bits per heavy atom. The summed E-state index contributed by atoms with van der Waals surface area (Å²) in [5, 5.41) is 6.62. The van der Waals surface area contributed by atoms with Gasteiger partial charge in [-0.15, -0.1) is 0 Å². The number of aromatic nitrogens is 4. The molecule has 3 heterocycles.